The third-order valence-corrected chi connectivity index (χ3v) is 2.77. The van der Waals surface area contributed by atoms with Crippen molar-refractivity contribution in [2.24, 2.45) is 5.92 Å². The smallest absolute Gasteiger partial charge is 0.269 e. The van der Waals surface area contributed by atoms with Gasteiger partial charge in [-0.25, -0.2) is 0 Å². The number of nitrogens with one attached hydrogen (secondary N) is 2. The molecule has 21 heavy (non-hydrogen) atoms. The molecule has 0 saturated carbocycles. The van der Waals surface area contributed by atoms with Gasteiger partial charge in [0.2, 0.25) is 0 Å². The highest BCUT2D eigenvalue weighted by molar-refractivity contribution is 5.95. The lowest BCUT2D eigenvalue weighted by atomic mass is 10.2. The van der Waals surface area contributed by atoms with Crippen LogP contribution in [0.3, 0.4) is 0 Å². The van der Waals surface area contributed by atoms with Crippen molar-refractivity contribution in [3.63, 3.8) is 0 Å². The lowest BCUT2D eigenvalue weighted by Gasteiger charge is -2.11. The minimum absolute atomic E-state index is 0.200. The molecule has 0 aromatic heterocycles. The second-order valence-corrected chi connectivity index (χ2v) is 5.18. The molecule has 0 spiro atoms. The highest BCUT2D eigenvalue weighted by Gasteiger charge is 2.06. The summed E-state index contributed by atoms with van der Waals surface area (Å²) in [5.74, 6) is 0.951. The number of carbonyl (C=O) groups excluding carboxylic acids is 1. The van der Waals surface area contributed by atoms with E-state index in [9.17, 15) is 4.79 Å². The molecule has 4 nitrogen and oxygen atoms in total. The molecule has 0 aliphatic rings. The Morgan fingerprint density at radius 2 is 1.86 bits per heavy atom. The standard InChI is InChI=1S/C17H20N2O2/c1-13(2)12-21-16-10-6-7-14(11-16)17(20)19-18-15-8-4-3-5-9-15/h3-11,13,18H,12H2,1-2H3,(H,19,20). The normalized spacial score (nSPS) is 10.2. The predicted octanol–water partition coefficient (Wildman–Crippen LogP) is 3.48. The number of benzene rings is 2. The van der Waals surface area contributed by atoms with Crippen LogP contribution in [0.15, 0.2) is 54.6 Å². The summed E-state index contributed by atoms with van der Waals surface area (Å²) < 4.78 is 5.62. The van der Waals surface area contributed by atoms with Crippen LogP contribution < -0.4 is 15.6 Å². The first-order chi connectivity index (χ1) is 10.1. The van der Waals surface area contributed by atoms with Gasteiger partial charge < -0.3 is 4.74 Å². The summed E-state index contributed by atoms with van der Waals surface area (Å²) in [7, 11) is 0. The minimum atomic E-state index is -0.200. The zero-order valence-corrected chi connectivity index (χ0v) is 12.3. The van der Waals surface area contributed by atoms with Gasteiger partial charge in [0.05, 0.1) is 12.3 Å². The van der Waals surface area contributed by atoms with Crippen LogP contribution in [0, 0.1) is 5.92 Å². The maximum absolute atomic E-state index is 12.1. The summed E-state index contributed by atoms with van der Waals surface area (Å²) in [6.07, 6.45) is 0. The lowest BCUT2D eigenvalue weighted by molar-refractivity contribution is 0.0962. The number of rotatable bonds is 6. The van der Waals surface area contributed by atoms with Gasteiger partial charge >= 0.3 is 0 Å². The number of hydrogen-bond donors (Lipinski definition) is 2. The van der Waals surface area contributed by atoms with Crippen molar-refractivity contribution in [3.8, 4) is 5.75 Å². The molecule has 0 aliphatic carbocycles. The minimum Gasteiger partial charge on any atom is -0.493 e. The van der Waals surface area contributed by atoms with Crippen molar-refractivity contribution < 1.29 is 9.53 Å². The fourth-order valence-electron chi connectivity index (χ4n) is 1.71. The first kappa shape index (κ1) is 14.9. The van der Waals surface area contributed by atoms with Crippen molar-refractivity contribution in [3.05, 3.63) is 60.2 Å². The van der Waals surface area contributed by atoms with Gasteiger partial charge in [-0.1, -0.05) is 38.1 Å². The Kier molecular flexibility index (Phi) is 5.21. The SMILES string of the molecule is CC(C)COc1cccc(C(=O)NNc2ccccc2)c1. The van der Waals surface area contributed by atoms with Crippen LogP contribution in [0.5, 0.6) is 5.75 Å². The van der Waals surface area contributed by atoms with Crippen LogP contribution >= 0.6 is 0 Å². The second kappa shape index (κ2) is 7.33. The number of hydrogen-bond acceptors (Lipinski definition) is 3. The zero-order chi connectivity index (χ0) is 15.1. The Hall–Kier alpha value is -2.49. The Morgan fingerprint density at radius 3 is 2.57 bits per heavy atom. The van der Waals surface area contributed by atoms with Gasteiger partial charge in [-0.3, -0.25) is 15.6 Å². The molecule has 0 bridgehead atoms. The molecule has 0 atom stereocenters. The number of carbonyl (C=O) groups is 1. The van der Waals surface area contributed by atoms with Gasteiger partial charge in [0, 0.05) is 5.56 Å². The van der Waals surface area contributed by atoms with Gasteiger partial charge in [0.1, 0.15) is 5.75 Å². The summed E-state index contributed by atoms with van der Waals surface area (Å²) in [6.45, 7) is 4.80. The van der Waals surface area contributed by atoms with Crippen LogP contribution in [-0.2, 0) is 0 Å². The van der Waals surface area contributed by atoms with Crippen molar-refractivity contribution in [1.82, 2.24) is 5.43 Å². The molecule has 110 valence electrons. The highest BCUT2D eigenvalue weighted by atomic mass is 16.5. The molecule has 0 aliphatic heterocycles. The van der Waals surface area contributed by atoms with E-state index in [4.69, 9.17) is 4.74 Å². The Balaban J connectivity index is 1.94. The second-order valence-electron chi connectivity index (χ2n) is 5.18. The van der Waals surface area contributed by atoms with Gasteiger partial charge in [-0.05, 0) is 36.2 Å². The van der Waals surface area contributed by atoms with Crippen molar-refractivity contribution in [2.75, 3.05) is 12.0 Å². The number of amides is 1. The molecule has 2 aromatic carbocycles. The Bertz CT molecular complexity index is 582. The predicted molar refractivity (Wildman–Crippen MR) is 84.3 cm³/mol. The summed E-state index contributed by atoms with van der Waals surface area (Å²) in [4.78, 5) is 12.1. The summed E-state index contributed by atoms with van der Waals surface area (Å²) >= 11 is 0. The maximum Gasteiger partial charge on any atom is 0.269 e. The fourth-order valence-corrected chi connectivity index (χ4v) is 1.71. The lowest BCUT2D eigenvalue weighted by Crippen LogP contribution is -2.29. The summed E-state index contributed by atoms with van der Waals surface area (Å²) in [5.41, 5.74) is 6.92. The number of para-hydroxylation sites is 1. The van der Waals surface area contributed by atoms with E-state index in [2.05, 4.69) is 24.7 Å². The molecule has 0 fully saturated rings. The van der Waals surface area contributed by atoms with E-state index in [0.29, 0.717) is 23.8 Å². The van der Waals surface area contributed by atoms with Gasteiger partial charge in [0.25, 0.3) is 5.91 Å². The van der Waals surface area contributed by atoms with Crippen LogP contribution in [0.2, 0.25) is 0 Å². The summed E-state index contributed by atoms with van der Waals surface area (Å²) in [5, 5.41) is 0. The van der Waals surface area contributed by atoms with Gasteiger partial charge in [0.15, 0.2) is 0 Å². The molecular formula is C17H20N2O2. The molecule has 0 radical (unpaired) electrons. The molecule has 1 amide bonds. The van der Waals surface area contributed by atoms with E-state index in [1.54, 1.807) is 12.1 Å². The third kappa shape index (κ3) is 4.84. The highest BCUT2D eigenvalue weighted by Crippen LogP contribution is 2.14. The van der Waals surface area contributed by atoms with Gasteiger partial charge in [-0.2, -0.15) is 0 Å². The molecule has 0 unspecified atom stereocenters. The molecule has 2 rings (SSSR count). The van der Waals surface area contributed by atoms with E-state index in [1.165, 1.54) is 0 Å². The maximum atomic E-state index is 12.1. The van der Waals surface area contributed by atoms with Crippen molar-refractivity contribution >= 4 is 11.6 Å². The molecule has 4 heteroatoms. The molecule has 2 aromatic rings. The van der Waals surface area contributed by atoms with Crippen molar-refractivity contribution in [1.29, 1.82) is 0 Å². The zero-order valence-electron chi connectivity index (χ0n) is 12.3. The first-order valence-electron chi connectivity index (χ1n) is 6.99. The van der Waals surface area contributed by atoms with Crippen LogP contribution in [0.25, 0.3) is 0 Å². The Morgan fingerprint density at radius 1 is 1.10 bits per heavy atom. The van der Waals surface area contributed by atoms with E-state index in [1.807, 2.05) is 42.5 Å². The van der Waals surface area contributed by atoms with E-state index >= 15 is 0 Å². The number of hydrazine groups is 1. The largest absolute Gasteiger partial charge is 0.493 e. The molecule has 2 N–H and O–H groups in total. The van der Waals surface area contributed by atoms with Crippen LogP contribution in [0.1, 0.15) is 24.2 Å². The Labute approximate surface area is 125 Å². The number of ether oxygens (including phenoxy) is 1. The number of anilines is 1. The van der Waals surface area contributed by atoms with E-state index in [-0.39, 0.29) is 5.91 Å². The molecule has 0 heterocycles. The monoisotopic (exact) mass is 284 g/mol. The average Bonchev–Trinajstić information content (AvgIpc) is 2.52. The van der Waals surface area contributed by atoms with Crippen LogP contribution in [-0.4, -0.2) is 12.5 Å². The van der Waals surface area contributed by atoms with Gasteiger partial charge in [-0.15, -0.1) is 0 Å². The van der Waals surface area contributed by atoms with Crippen LogP contribution in [0.4, 0.5) is 5.69 Å². The quantitative estimate of drug-likeness (QED) is 0.798. The topological polar surface area (TPSA) is 50.4 Å². The average molecular weight is 284 g/mol. The third-order valence-electron chi connectivity index (χ3n) is 2.77. The molecular weight excluding hydrogens is 264 g/mol. The van der Waals surface area contributed by atoms with Crippen molar-refractivity contribution in [2.45, 2.75) is 13.8 Å². The summed E-state index contributed by atoms with van der Waals surface area (Å²) in [6, 6.07) is 16.6. The van der Waals surface area contributed by atoms with E-state index < -0.39 is 0 Å². The fraction of sp³-hybridized carbons (Fsp3) is 0.235. The molecule has 0 saturated heterocycles. The van der Waals surface area contributed by atoms with E-state index in [0.717, 1.165) is 5.69 Å². The first-order valence-corrected chi connectivity index (χ1v) is 6.99.